The second-order valence-corrected chi connectivity index (χ2v) is 7.39. The van der Waals surface area contributed by atoms with E-state index in [0.29, 0.717) is 18.8 Å². The van der Waals surface area contributed by atoms with E-state index in [1.165, 1.54) is 4.31 Å². The molecular formula is C15H24N2O3S. The van der Waals surface area contributed by atoms with Gasteiger partial charge in [0, 0.05) is 13.1 Å². The Balaban J connectivity index is 2.30. The Kier molecular flexibility index (Phi) is 5.61. The lowest BCUT2D eigenvalue weighted by Crippen LogP contribution is -2.46. The van der Waals surface area contributed by atoms with Crippen LogP contribution in [-0.4, -0.2) is 43.6 Å². The summed E-state index contributed by atoms with van der Waals surface area (Å²) in [5.41, 5.74) is 0.600. The highest BCUT2D eigenvalue weighted by molar-refractivity contribution is 7.90. The molecule has 0 aliphatic carbocycles. The van der Waals surface area contributed by atoms with Gasteiger partial charge in [-0.2, -0.15) is 12.7 Å². The molecule has 0 amide bonds. The Labute approximate surface area is 127 Å². The molecule has 1 aromatic rings. The zero-order valence-corrected chi connectivity index (χ0v) is 13.3. The molecule has 1 aliphatic rings. The van der Waals surface area contributed by atoms with Crippen molar-refractivity contribution in [1.82, 2.24) is 4.31 Å². The summed E-state index contributed by atoms with van der Waals surface area (Å²) in [5.74, 6) is 0. The molecule has 5 nitrogen and oxygen atoms in total. The van der Waals surface area contributed by atoms with Gasteiger partial charge in [0.25, 0.3) is 0 Å². The molecule has 118 valence electrons. The predicted molar refractivity (Wildman–Crippen MR) is 84.4 cm³/mol. The van der Waals surface area contributed by atoms with E-state index >= 15 is 0 Å². The summed E-state index contributed by atoms with van der Waals surface area (Å²) in [4.78, 5) is 0. The summed E-state index contributed by atoms with van der Waals surface area (Å²) in [6.07, 6.45) is 3.24. The molecule has 1 atom stereocenters. The molecule has 1 aliphatic heterocycles. The standard InChI is InChI=1S/C15H24N2O3S/c1-14(18)13-17(15-9-5-4-6-10-15)21(19,20)16-11-7-2-3-8-12-16/h4-6,9-10,14,18H,2-3,7-8,11-13H2,1H3/t14-/m0/s1. The van der Waals surface area contributed by atoms with Crippen molar-refractivity contribution in [3.05, 3.63) is 30.3 Å². The van der Waals surface area contributed by atoms with Crippen molar-refractivity contribution >= 4 is 15.9 Å². The van der Waals surface area contributed by atoms with Crippen LogP contribution in [0.1, 0.15) is 32.6 Å². The highest BCUT2D eigenvalue weighted by atomic mass is 32.2. The fraction of sp³-hybridized carbons (Fsp3) is 0.600. The topological polar surface area (TPSA) is 60.9 Å². The first-order valence-corrected chi connectivity index (χ1v) is 8.92. The third-order valence-corrected chi connectivity index (χ3v) is 5.58. The maximum absolute atomic E-state index is 12.9. The van der Waals surface area contributed by atoms with Crippen LogP contribution in [-0.2, 0) is 10.2 Å². The zero-order chi connectivity index (χ0) is 15.3. The lowest BCUT2D eigenvalue weighted by Gasteiger charge is -2.31. The third-order valence-electron chi connectivity index (χ3n) is 3.64. The number of aliphatic hydroxyl groups is 1. The lowest BCUT2D eigenvalue weighted by molar-refractivity contribution is 0.203. The number of para-hydroxylation sites is 1. The van der Waals surface area contributed by atoms with Gasteiger partial charge >= 0.3 is 10.2 Å². The first-order chi connectivity index (χ1) is 10.0. The van der Waals surface area contributed by atoms with Gasteiger partial charge < -0.3 is 5.11 Å². The third kappa shape index (κ3) is 4.18. The SMILES string of the molecule is C[C@H](O)CN(c1ccccc1)S(=O)(=O)N1CCCCCC1. The van der Waals surface area contributed by atoms with Crippen molar-refractivity contribution in [1.29, 1.82) is 0 Å². The van der Waals surface area contributed by atoms with E-state index in [4.69, 9.17) is 0 Å². The fourth-order valence-electron chi connectivity index (χ4n) is 2.58. The van der Waals surface area contributed by atoms with Crippen LogP contribution in [0.25, 0.3) is 0 Å². The zero-order valence-electron chi connectivity index (χ0n) is 12.5. The van der Waals surface area contributed by atoms with Gasteiger partial charge in [-0.3, -0.25) is 4.31 Å². The Morgan fingerprint density at radius 1 is 1.14 bits per heavy atom. The monoisotopic (exact) mass is 312 g/mol. The van der Waals surface area contributed by atoms with Gasteiger partial charge in [0.05, 0.1) is 18.3 Å². The average Bonchev–Trinajstić information content (AvgIpc) is 2.75. The van der Waals surface area contributed by atoms with Crippen LogP contribution >= 0.6 is 0 Å². The van der Waals surface area contributed by atoms with E-state index < -0.39 is 16.3 Å². The van der Waals surface area contributed by atoms with Gasteiger partial charge in [-0.05, 0) is 31.9 Å². The van der Waals surface area contributed by atoms with Gasteiger partial charge in [-0.1, -0.05) is 31.0 Å². The fourth-order valence-corrected chi connectivity index (χ4v) is 4.37. The maximum atomic E-state index is 12.9. The highest BCUT2D eigenvalue weighted by Gasteiger charge is 2.30. The van der Waals surface area contributed by atoms with E-state index in [1.807, 2.05) is 18.2 Å². The number of benzene rings is 1. The molecule has 0 spiro atoms. The van der Waals surface area contributed by atoms with Gasteiger partial charge in [0.15, 0.2) is 0 Å². The van der Waals surface area contributed by atoms with Crippen LogP contribution in [0, 0.1) is 0 Å². The molecular weight excluding hydrogens is 288 g/mol. The van der Waals surface area contributed by atoms with Crippen molar-refractivity contribution < 1.29 is 13.5 Å². The first-order valence-electron chi connectivity index (χ1n) is 7.53. The van der Waals surface area contributed by atoms with E-state index in [-0.39, 0.29) is 6.54 Å². The minimum absolute atomic E-state index is 0.0723. The minimum atomic E-state index is -3.59. The molecule has 1 fully saturated rings. The maximum Gasteiger partial charge on any atom is 0.304 e. The number of hydrogen-bond donors (Lipinski definition) is 1. The Morgan fingerprint density at radius 2 is 1.71 bits per heavy atom. The van der Waals surface area contributed by atoms with Gasteiger partial charge in [0.2, 0.25) is 0 Å². The number of anilines is 1. The summed E-state index contributed by atoms with van der Waals surface area (Å²) in [6.45, 7) is 2.80. The van der Waals surface area contributed by atoms with E-state index in [1.54, 1.807) is 23.4 Å². The molecule has 21 heavy (non-hydrogen) atoms. The van der Waals surface area contributed by atoms with Crippen molar-refractivity contribution in [3.63, 3.8) is 0 Å². The van der Waals surface area contributed by atoms with Gasteiger partial charge in [-0.15, -0.1) is 0 Å². The molecule has 1 saturated heterocycles. The van der Waals surface area contributed by atoms with Crippen molar-refractivity contribution in [3.8, 4) is 0 Å². The normalized spacial score (nSPS) is 19.0. The lowest BCUT2D eigenvalue weighted by atomic mass is 10.2. The van der Waals surface area contributed by atoms with Crippen molar-refractivity contribution in [2.75, 3.05) is 23.9 Å². The van der Waals surface area contributed by atoms with Crippen molar-refractivity contribution in [2.45, 2.75) is 38.7 Å². The van der Waals surface area contributed by atoms with Gasteiger partial charge in [-0.25, -0.2) is 0 Å². The molecule has 0 aromatic heterocycles. The molecule has 2 rings (SSSR count). The molecule has 0 radical (unpaired) electrons. The highest BCUT2D eigenvalue weighted by Crippen LogP contribution is 2.23. The number of rotatable bonds is 5. The first kappa shape index (κ1) is 16.3. The number of nitrogens with zero attached hydrogens (tertiary/aromatic N) is 2. The summed E-state index contributed by atoms with van der Waals surface area (Å²) in [6, 6.07) is 8.99. The second kappa shape index (κ2) is 7.24. The second-order valence-electron chi connectivity index (χ2n) is 5.54. The van der Waals surface area contributed by atoms with E-state index in [0.717, 1.165) is 25.7 Å². The van der Waals surface area contributed by atoms with Crippen LogP contribution in [0.15, 0.2) is 30.3 Å². The number of hydrogen-bond acceptors (Lipinski definition) is 3. The van der Waals surface area contributed by atoms with E-state index in [2.05, 4.69) is 0 Å². The summed E-state index contributed by atoms with van der Waals surface area (Å²) < 4.78 is 28.7. The van der Waals surface area contributed by atoms with Gasteiger partial charge in [0.1, 0.15) is 0 Å². The quantitative estimate of drug-likeness (QED) is 0.904. The predicted octanol–water partition coefficient (Wildman–Crippen LogP) is 1.99. The largest absolute Gasteiger partial charge is 0.392 e. The smallest absolute Gasteiger partial charge is 0.304 e. The van der Waals surface area contributed by atoms with E-state index in [9.17, 15) is 13.5 Å². The van der Waals surface area contributed by atoms with Crippen molar-refractivity contribution in [2.24, 2.45) is 0 Å². The van der Waals surface area contributed by atoms with Crippen LogP contribution in [0.4, 0.5) is 5.69 Å². The molecule has 0 bridgehead atoms. The Hall–Kier alpha value is -1.11. The molecule has 0 unspecified atom stereocenters. The Bertz CT molecular complexity index is 523. The molecule has 0 saturated carbocycles. The van der Waals surface area contributed by atoms with Crippen LogP contribution in [0.3, 0.4) is 0 Å². The van der Waals surface area contributed by atoms with Crippen LogP contribution in [0.2, 0.25) is 0 Å². The van der Waals surface area contributed by atoms with Crippen LogP contribution < -0.4 is 4.31 Å². The van der Waals surface area contributed by atoms with Crippen LogP contribution in [0.5, 0.6) is 0 Å². The summed E-state index contributed by atoms with van der Waals surface area (Å²) >= 11 is 0. The summed E-state index contributed by atoms with van der Waals surface area (Å²) in [5, 5.41) is 9.68. The average molecular weight is 312 g/mol. The number of aliphatic hydroxyl groups excluding tert-OH is 1. The molecule has 6 heteroatoms. The Morgan fingerprint density at radius 3 is 2.24 bits per heavy atom. The molecule has 1 aromatic carbocycles. The summed E-state index contributed by atoms with van der Waals surface area (Å²) in [7, 11) is -3.59. The minimum Gasteiger partial charge on any atom is -0.392 e. The molecule has 1 heterocycles. The molecule has 1 N–H and O–H groups in total.